The summed E-state index contributed by atoms with van der Waals surface area (Å²) in [6.45, 7) is 3.99. The lowest BCUT2D eigenvalue weighted by atomic mass is 10.1. The zero-order valence-electron chi connectivity index (χ0n) is 10.7. The molecule has 0 saturated carbocycles. The highest BCUT2D eigenvalue weighted by Gasteiger charge is 2.24. The fourth-order valence-electron chi connectivity index (χ4n) is 2.73. The molecule has 1 aromatic rings. The molecular weight excluding hydrogens is 270 g/mol. The molecule has 0 amide bonds. The average Bonchev–Trinajstić information content (AvgIpc) is 2.65. The van der Waals surface area contributed by atoms with Gasteiger partial charge in [-0.25, -0.2) is 0 Å². The lowest BCUT2D eigenvalue weighted by Gasteiger charge is -2.26. The molecule has 2 heterocycles. The fourth-order valence-corrected chi connectivity index (χ4v) is 4.15. The third-order valence-corrected chi connectivity index (χ3v) is 5.25. The molecule has 0 aliphatic carbocycles. The van der Waals surface area contributed by atoms with E-state index in [9.17, 15) is 9.00 Å². The minimum atomic E-state index is -0.653. The van der Waals surface area contributed by atoms with Crippen molar-refractivity contribution in [1.29, 1.82) is 0 Å². The molecule has 1 aromatic heterocycles. The predicted molar refractivity (Wildman–Crippen MR) is 75.1 cm³/mol. The van der Waals surface area contributed by atoms with E-state index < -0.39 is 10.8 Å². The number of carbonyl (C=O) groups is 1. The maximum Gasteiger partial charge on any atom is 0.179 e. The third kappa shape index (κ3) is 2.54. The van der Waals surface area contributed by atoms with Gasteiger partial charge in [0, 0.05) is 45.3 Å². The second-order valence-electron chi connectivity index (χ2n) is 4.79. The highest BCUT2D eigenvalue weighted by atomic mass is 35.5. The highest BCUT2D eigenvalue weighted by Crippen LogP contribution is 2.28. The van der Waals surface area contributed by atoms with Gasteiger partial charge in [0.05, 0.1) is 5.88 Å². The van der Waals surface area contributed by atoms with Gasteiger partial charge < -0.3 is 4.57 Å². The summed E-state index contributed by atoms with van der Waals surface area (Å²) in [5, 5.41) is 0. The lowest BCUT2D eigenvalue weighted by Crippen LogP contribution is -2.23. The quantitative estimate of drug-likeness (QED) is 0.633. The Kier molecular flexibility index (Phi) is 4.28. The van der Waals surface area contributed by atoms with Gasteiger partial charge in [0.1, 0.15) is 0 Å². The van der Waals surface area contributed by atoms with Crippen LogP contribution in [-0.2, 0) is 10.8 Å². The molecule has 1 saturated heterocycles. The van der Waals surface area contributed by atoms with Crippen LogP contribution in [0.3, 0.4) is 0 Å². The van der Waals surface area contributed by atoms with Crippen molar-refractivity contribution < 1.29 is 9.00 Å². The summed E-state index contributed by atoms with van der Waals surface area (Å²) in [6.07, 6.45) is 1.86. The Bertz CT molecular complexity index is 485. The number of rotatable bonds is 3. The van der Waals surface area contributed by atoms with Crippen molar-refractivity contribution in [2.45, 2.75) is 32.7 Å². The van der Waals surface area contributed by atoms with E-state index in [-0.39, 0.29) is 11.7 Å². The average molecular weight is 288 g/mol. The molecule has 100 valence electrons. The van der Waals surface area contributed by atoms with Crippen molar-refractivity contribution in [2.75, 3.05) is 17.4 Å². The first kappa shape index (κ1) is 13.8. The first-order chi connectivity index (χ1) is 8.54. The molecule has 18 heavy (non-hydrogen) atoms. The van der Waals surface area contributed by atoms with E-state index in [0.29, 0.717) is 6.04 Å². The number of nitrogens with zero attached hydrogens (tertiary/aromatic N) is 1. The summed E-state index contributed by atoms with van der Waals surface area (Å²) in [5.41, 5.74) is 2.82. The van der Waals surface area contributed by atoms with Gasteiger partial charge in [-0.1, -0.05) is 0 Å². The Balaban J connectivity index is 2.31. The van der Waals surface area contributed by atoms with Gasteiger partial charge in [-0.15, -0.1) is 11.6 Å². The molecule has 1 fully saturated rings. The molecule has 0 radical (unpaired) electrons. The molecule has 1 aliphatic heterocycles. The number of Topliss-reactive ketones (excluding diaryl/α,β-unsaturated/α-hetero) is 1. The van der Waals surface area contributed by atoms with Crippen molar-refractivity contribution in [3.05, 3.63) is 23.0 Å². The van der Waals surface area contributed by atoms with Gasteiger partial charge in [-0.2, -0.15) is 0 Å². The smallest absolute Gasteiger partial charge is 0.179 e. The monoisotopic (exact) mass is 287 g/mol. The SMILES string of the molecule is Cc1cc(C(=O)CCl)c(C)n1C1CCS(=O)CC1. The first-order valence-corrected chi connectivity index (χ1v) is 8.19. The van der Waals surface area contributed by atoms with Gasteiger partial charge in [-0.05, 0) is 32.8 Å². The van der Waals surface area contributed by atoms with E-state index in [1.165, 1.54) is 0 Å². The highest BCUT2D eigenvalue weighted by molar-refractivity contribution is 7.85. The number of ketones is 1. The van der Waals surface area contributed by atoms with Crippen molar-refractivity contribution in [2.24, 2.45) is 0 Å². The Labute approximate surface area is 115 Å². The minimum absolute atomic E-state index is 0.0181. The number of aryl methyl sites for hydroxylation is 1. The summed E-state index contributed by atoms with van der Waals surface area (Å²) in [7, 11) is -0.653. The zero-order chi connectivity index (χ0) is 13.3. The second kappa shape index (κ2) is 5.57. The Morgan fingerprint density at radius 1 is 1.44 bits per heavy atom. The lowest BCUT2D eigenvalue weighted by molar-refractivity contribution is 0.102. The number of hydrogen-bond acceptors (Lipinski definition) is 2. The third-order valence-electron chi connectivity index (χ3n) is 3.63. The molecule has 0 bridgehead atoms. The molecule has 0 N–H and O–H groups in total. The number of carbonyl (C=O) groups excluding carboxylic acids is 1. The van der Waals surface area contributed by atoms with Gasteiger partial charge in [0.15, 0.2) is 5.78 Å². The molecule has 3 nitrogen and oxygen atoms in total. The van der Waals surface area contributed by atoms with Gasteiger partial charge in [0.25, 0.3) is 0 Å². The van der Waals surface area contributed by atoms with Crippen molar-refractivity contribution >= 4 is 28.2 Å². The van der Waals surface area contributed by atoms with E-state index in [4.69, 9.17) is 11.6 Å². The molecule has 5 heteroatoms. The zero-order valence-corrected chi connectivity index (χ0v) is 12.3. The summed E-state index contributed by atoms with van der Waals surface area (Å²) < 4.78 is 13.6. The second-order valence-corrected chi connectivity index (χ2v) is 6.75. The van der Waals surface area contributed by atoms with Crippen LogP contribution in [0.25, 0.3) is 0 Å². The van der Waals surface area contributed by atoms with Crippen LogP contribution in [0.15, 0.2) is 6.07 Å². The van der Waals surface area contributed by atoms with E-state index in [1.54, 1.807) is 0 Å². The summed E-state index contributed by atoms with van der Waals surface area (Å²) in [5.74, 6) is 1.54. The number of alkyl halides is 1. The summed E-state index contributed by atoms with van der Waals surface area (Å²) in [6, 6.07) is 2.30. The Morgan fingerprint density at radius 3 is 2.61 bits per heavy atom. The maximum atomic E-state index is 11.7. The minimum Gasteiger partial charge on any atom is -0.345 e. The van der Waals surface area contributed by atoms with Gasteiger partial charge >= 0.3 is 0 Å². The van der Waals surface area contributed by atoms with Crippen molar-refractivity contribution in [1.82, 2.24) is 4.57 Å². The maximum absolute atomic E-state index is 11.7. The number of aromatic nitrogens is 1. The van der Waals surface area contributed by atoms with Crippen LogP contribution < -0.4 is 0 Å². The van der Waals surface area contributed by atoms with Crippen molar-refractivity contribution in [3.63, 3.8) is 0 Å². The fraction of sp³-hybridized carbons (Fsp3) is 0.615. The van der Waals surface area contributed by atoms with Crippen molar-refractivity contribution in [3.8, 4) is 0 Å². The van der Waals surface area contributed by atoms with Gasteiger partial charge in [-0.3, -0.25) is 9.00 Å². The van der Waals surface area contributed by atoms with E-state index in [0.717, 1.165) is 41.3 Å². The molecule has 0 atom stereocenters. The molecule has 0 unspecified atom stereocenters. The topological polar surface area (TPSA) is 39.1 Å². The molecule has 1 aliphatic rings. The Morgan fingerprint density at radius 2 is 2.06 bits per heavy atom. The summed E-state index contributed by atoms with van der Waals surface area (Å²) >= 11 is 5.63. The standard InChI is InChI=1S/C13H18ClNO2S/c1-9-7-12(13(16)8-14)10(2)15(9)11-3-5-18(17)6-4-11/h7,11H,3-6,8H2,1-2H3. The number of hydrogen-bond donors (Lipinski definition) is 0. The van der Waals surface area contributed by atoms with E-state index >= 15 is 0 Å². The van der Waals surface area contributed by atoms with Crippen LogP contribution in [0.4, 0.5) is 0 Å². The largest absolute Gasteiger partial charge is 0.345 e. The predicted octanol–water partition coefficient (Wildman–Crippen LogP) is 2.61. The molecule has 0 spiro atoms. The van der Waals surface area contributed by atoms with E-state index in [2.05, 4.69) is 4.57 Å². The van der Waals surface area contributed by atoms with Crippen LogP contribution >= 0.6 is 11.6 Å². The van der Waals surface area contributed by atoms with Crippen LogP contribution in [0, 0.1) is 13.8 Å². The van der Waals surface area contributed by atoms with Gasteiger partial charge in [0.2, 0.25) is 0 Å². The molecular formula is C13H18ClNO2S. The van der Waals surface area contributed by atoms with Crippen LogP contribution in [0.2, 0.25) is 0 Å². The van der Waals surface area contributed by atoms with E-state index in [1.807, 2.05) is 19.9 Å². The van der Waals surface area contributed by atoms with Crippen LogP contribution in [0.1, 0.15) is 40.6 Å². The first-order valence-electron chi connectivity index (χ1n) is 6.17. The normalized spacial score (nSPS) is 24.2. The summed E-state index contributed by atoms with van der Waals surface area (Å²) in [4.78, 5) is 11.7. The molecule has 0 aromatic carbocycles. The number of halogens is 1. The van der Waals surface area contributed by atoms with Crippen LogP contribution in [0.5, 0.6) is 0 Å². The van der Waals surface area contributed by atoms with Crippen LogP contribution in [-0.4, -0.2) is 31.9 Å². The Hall–Kier alpha value is -0.610. The molecule has 2 rings (SSSR count).